The first-order valence-corrected chi connectivity index (χ1v) is 10.0. The minimum absolute atomic E-state index is 0.0510. The summed E-state index contributed by atoms with van der Waals surface area (Å²) in [5.41, 5.74) is 3.10. The third-order valence-corrected chi connectivity index (χ3v) is 5.26. The Hall–Kier alpha value is -3.41. The molecule has 146 valence electrons. The first-order chi connectivity index (χ1) is 14.3. The van der Waals surface area contributed by atoms with Crippen molar-refractivity contribution in [2.75, 3.05) is 6.61 Å². The highest BCUT2D eigenvalue weighted by molar-refractivity contribution is 6.14. The van der Waals surface area contributed by atoms with E-state index in [9.17, 15) is 0 Å². The van der Waals surface area contributed by atoms with Crippen molar-refractivity contribution in [1.82, 2.24) is 14.7 Å². The van der Waals surface area contributed by atoms with Gasteiger partial charge < -0.3 is 4.74 Å². The van der Waals surface area contributed by atoms with Gasteiger partial charge in [-0.15, -0.1) is 0 Å². The molecule has 3 heterocycles. The maximum Gasteiger partial charge on any atom is 0.300 e. The van der Waals surface area contributed by atoms with Crippen molar-refractivity contribution in [3.05, 3.63) is 78.0 Å². The Bertz CT molecular complexity index is 1070. The molecule has 0 fully saturated rings. The van der Waals surface area contributed by atoms with Gasteiger partial charge in [-0.05, 0) is 31.0 Å². The molecule has 5 rings (SSSR count). The molecule has 1 unspecified atom stereocenters. The van der Waals surface area contributed by atoms with Crippen LogP contribution in [0.25, 0.3) is 5.69 Å². The zero-order valence-electron chi connectivity index (χ0n) is 16.6. The minimum Gasteiger partial charge on any atom is -0.465 e. The van der Waals surface area contributed by atoms with Crippen LogP contribution in [0.1, 0.15) is 37.4 Å². The molecule has 0 N–H and O–H groups in total. The SMILES string of the molecule is CCCOC1=Nc2c(cnn2-c2ccccc2)C2=N[C@H](C)C(c3ccccc3)N12. The van der Waals surface area contributed by atoms with Crippen molar-refractivity contribution in [3.63, 3.8) is 0 Å². The van der Waals surface area contributed by atoms with E-state index >= 15 is 0 Å². The van der Waals surface area contributed by atoms with Crippen LogP contribution in [-0.4, -0.2) is 39.2 Å². The maximum absolute atomic E-state index is 6.12. The number of benzene rings is 2. The lowest BCUT2D eigenvalue weighted by Crippen LogP contribution is -2.41. The number of aromatic nitrogens is 2. The number of hydrogen-bond acceptors (Lipinski definition) is 5. The van der Waals surface area contributed by atoms with Crippen LogP contribution in [0.5, 0.6) is 0 Å². The minimum atomic E-state index is 0.0510. The van der Waals surface area contributed by atoms with Gasteiger partial charge in [-0.3, -0.25) is 9.89 Å². The van der Waals surface area contributed by atoms with Gasteiger partial charge in [-0.2, -0.15) is 10.1 Å². The number of ether oxygens (including phenoxy) is 1. The van der Waals surface area contributed by atoms with Crippen molar-refractivity contribution < 1.29 is 4.74 Å². The number of amidine groups is 2. The van der Waals surface area contributed by atoms with Gasteiger partial charge in [0.05, 0.1) is 36.1 Å². The zero-order chi connectivity index (χ0) is 19.8. The molecule has 3 aromatic rings. The van der Waals surface area contributed by atoms with Crippen molar-refractivity contribution >= 4 is 17.7 Å². The Morgan fingerprint density at radius 3 is 2.45 bits per heavy atom. The number of aliphatic imine (C=N–C) groups is 2. The number of para-hydroxylation sites is 1. The van der Waals surface area contributed by atoms with Crippen molar-refractivity contribution in [2.45, 2.75) is 32.4 Å². The molecule has 0 aliphatic carbocycles. The second-order valence-corrected chi connectivity index (χ2v) is 7.29. The summed E-state index contributed by atoms with van der Waals surface area (Å²) in [5, 5.41) is 4.61. The number of fused-ring (bicyclic) bond motifs is 3. The summed E-state index contributed by atoms with van der Waals surface area (Å²) in [5.74, 6) is 1.64. The molecule has 29 heavy (non-hydrogen) atoms. The molecular formula is C23H23N5O. The summed E-state index contributed by atoms with van der Waals surface area (Å²) in [7, 11) is 0. The fourth-order valence-electron chi connectivity index (χ4n) is 3.96. The molecule has 2 aromatic carbocycles. The van der Waals surface area contributed by atoms with Crippen molar-refractivity contribution in [3.8, 4) is 5.69 Å². The quantitative estimate of drug-likeness (QED) is 0.665. The molecule has 2 aliphatic rings. The Morgan fingerprint density at radius 2 is 1.72 bits per heavy atom. The molecule has 0 amide bonds. The summed E-state index contributed by atoms with van der Waals surface area (Å²) in [4.78, 5) is 12.0. The monoisotopic (exact) mass is 385 g/mol. The van der Waals surface area contributed by atoms with E-state index < -0.39 is 0 Å². The van der Waals surface area contributed by atoms with Crippen molar-refractivity contribution in [2.24, 2.45) is 9.98 Å². The van der Waals surface area contributed by atoms with Crippen molar-refractivity contribution in [1.29, 1.82) is 0 Å². The van der Waals surface area contributed by atoms with E-state index in [-0.39, 0.29) is 12.1 Å². The molecule has 1 aromatic heterocycles. The van der Waals surface area contributed by atoms with Gasteiger partial charge in [0, 0.05) is 0 Å². The molecule has 6 heteroatoms. The summed E-state index contributed by atoms with van der Waals surface area (Å²) in [6.45, 7) is 4.84. The molecule has 6 nitrogen and oxygen atoms in total. The largest absolute Gasteiger partial charge is 0.465 e. The lowest BCUT2D eigenvalue weighted by molar-refractivity contribution is 0.243. The summed E-state index contributed by atoms with van der Waals surface area (Å²) in [6, 6.07) is 21.2. The van der Waals surface area contributed by atoms with Gasteiger partial charge in [0.2, 0.25) is 0 Å². The predicted octanol–water partition coefficient (Wildman–Crippen LogP) is 4.49. The third-order valence-electron chi connectivity index (χ3n) is 5.26. The molecule has 2 aliphatic heterocycles. The summed E-state index contributed by atoms with van der Waals surface area (Å²) < 4.78 is 7.97. The van der Waals surface area contributed by atoms with E-state index in [1.165, 1.54) is 5.56 Å². The van der Waals surface area contributed by atoms with Crippen LogP contribution in [0.4, 0.5) is 5.82 Å². The molecule has 0 bridgehead atoms. The molecule has 0 saturated heterocycles. The fraction of sp³-hybridized carbons (Fsp3) is 0.261. The molecule has 0 radical (unpaired) electrons. The summed E-state index contributed by atoms with van der Waals surface area (Å²) >= 11 is 0. The lowest BCUT2D eigenvalue weighted by atomic mass is 10.0. The Kier molecular flexibility index (Phi) is 4.39. The first kappa shape index (κ1) is 17.7. The zero-order valence-corrected chi connectivity index (χ0v) is 16.6. The highest BCUT2D eigenvalue weighted by atomic mass is 16.5. The van der Waals surface area contributed by atoms with Crippen LogP contribution < -0.4 is 0 Å². The van der Waals surface area contributed by atoms with Gasteiger partial charge in [-0.1, -0.05) is 55.5 Å². The predicted molar refractivity (Wildman–Crippen MR) is 114 cm³/mol. The molecule has 0 saturated carbocycles. The average Bonchev–Trinajstić information content (AvgIpc) is 3.34. The van der Waals surface area contributed by atoms with E-state index in [1.807, 2.05) is 47.3 Å². The highest BCUT2D eigenvalue weighted by Gasteiger charge is 2.43. The smallest absolute Gasteiger partial charge is 0.300 e. The Labute approximate surface area is 170 Å². The summed E-state index contributed by atoms with van der Waals surface area (Å²) in [6.07, 6.45) is 2.77. The molecular weight excluding hydrogens is 362 g/mol. The normalized spacial score (nSPS) is 20.0. The number of rotatable bonds is 4. The number of nitrogens with zero attached hydrogens (tertiary/aromatic N) is 5. The molecule has 2 atom stereocenters. The molecule has 0 spiro atoms. The van der Waals surface area contributed by atoms with Crippen LogP contribution in [0.2, 0.25) is 0 Å². The van der Waals surface area contributed by atoms with Crippen LogP contribution in [0.15, 0.2) is 76.8 Å². The third kappa shape index (κ3) is 2.92. The van der Waals surface area contributed by atoms with Gasteiger partial charge in [-0.25, -0.2) is 4.68 Å². The van der Waals surface area contributed by atoms with E-state index in [1.54, 1.807) is 0 Å². The Morgan fingerprint density at radius 1 is 1.00 bits per heavy atom. The topological polar surface area (TPSA) is 55.0 Å². The van der Waals surface area contributed by atoms with Gasteiger partial charge in [0.25, 0.3) is 0 Å². The highest BCUT2D eigenvalue weighted by Crippen LogP contribution is 2.40. The van der Waals surface area contributed by atoms with E-state index in [4.69, 9.17) is 14.7 Å². The average molecular weight is 385 g/mol. The second-order valence-electron chi connectivity index (χ2n) is 7.29. The fourth-order valence-corrected chi connectivity index (χ4v) is 3.96. The standard InChI is InChI=1S/C23H23N5O/c1-3-14-29-23-26-22-19(15-24-28(22)18-12-8-5-9-13-18)21-25-16(2)20(27(21)23)17-10-6-4-7-11-17/h4-13,15-16,20H,3,14H2,1-2H3/t16-,20?/m1/s1. The number of hydrogen-bond donors (Lipinski definition) is 0. The lowest BCUT2D eigenvalue weighted by Gasteiger charge is -2.32. The van der Waals surface area contributed by atoms with Crippen LogP contribution in [0, 0.1) is 0 Å². The van der Waals surface area contributed by atoms with Gasteiger partial charge in [0.15, 0.2) is 5.82 Å². The Balaban J connectivity index is 1.64. The van der Waals surface area contributed by atoms with Gasteiger partial charge in [0.1, 0.15) is 5.84 Å². The van der Waals surface area contributed by atoms with Gasteiger partial charge >= 0.3 is 6.02 Å². The first-order valence-electron chi connectivity index (χ1n) is 10.0. The van der Waals surface area contributed by atoms with Crippen LogP contribution in [-0.2, 0) is 4.74 Å². The van der Waals surface area contributed by atoms with E-state index in [0.717, 1.165) is 29.3 Å². The van der Waals surface area contributed by atoms with Crippen LogP contribution in [0.3, 0.4) is 0 Å². The maximum atomic E-state index is 6.12. The van der Waals surface area contributed by atoms with E-state index in [2.05, 4.69) is 48.1 Å². The second kappa shape index (κ2) is 7.20. The van der Waals surface area contributed by atoms with Crippen LogP contribution >= 0.6 is 0 Å². The van der Waals surface area contributed by atoms with E-state index in [0.29, 0.717) is 12.6 Å².